The van der Waals surface area contributed by atoms with Crippen LogP contribution in [-0.2, 0) is 9.53 Å². The molecule has 0 heterocycles. The topological polar surface area (TPSA) is 81.4 Å². The summed E-state index contributed by atoms with van der Waals surface area (Å²) in [5, 5.41) is 2.37. The molecule has 0 radical (unpaired) electrons. The third-order valence-electron chi connectivity index (χ3n) is 1.06. The number of allylic oxidation sites excluding steroid dienone is 1. The van der Waals surface area contributed by atoms with E-state index in [-0.39, 0.29) is 0 Å². The van der Waals surface area contributed by atoms with Gasteiger partial charge >= 0.3 is 6.09 Å². The van der Waals surface area contributed by atoms with Crippen molar-refractivity contribution in [2.45, 2.75) is 33.3 Å². The number of ether oxygens (including phenoxy) is 1. The molecular weight excluding hydrogens is 184 g/mol. The van der Waals surface area contributed by atoms with Crippen LogP contribution in [0.4, 0.5) is 4.79 Å². The summed E-state index contributed by atoms with van der Waals surface area (Å²) in [4.78, 5) is 21.6. The number of carbonyl (C=O) groups is 2. The highest BCUT2D eigenvalue weighted by Crippen LogP contribution is 2.06. The van der Waals surface area contributed by atoms with E-state index < -0.39 is 17.6 Å². The minimum Gasteiger partial charge on any atom is -0.444 e. The van der Waals surface area contributed by atoms with Crippen LogP contribution in [-0.4, -0.2) is 17.6 Å². The molecule has 0 spiro atoms. The van der Waals surface area contributed by atoms with Gasteiger partial charge in [-0.25, -0.2) is 4.79 Å². The molecule has 0 rings (SSSR count). The van der Waals surface area contributed by atoms with Gasteiger partial charge in [0, 0.05) is 11.8 Å². The lowest BCUT2D eigenvalue weighted by Gasteiger charge is -2.19. The Morgan fingerprint density at radius 1 is 1.36 bits per heavy atom. The summed E-state index contributed by atoms with van der Waals surface area (Å²) >= 11 is 0. The molecular formula is C9H16N2O3. The summed E-state index contributed by atoms with van der Waals surface area (Å²) in [5.41, 5.74) is 4.68. The van der Waals surface area contributed by atoms with Crippen LogP contribution in [0.25, 0.3) is 0 Å². The first-order valence-electron chi connectivity index (χ1n) is 4.18. The SMILES string of the molecule is C/C(=C\C(N)=O)NC(=O)OC(C)(C)C. The molecule has 0 aromatic rings. The molecule has 14 heavy (non-hydrogen) atoms. The molecule has 0 aromatic heterocycles. The molecule has 5 heteroatoms. The first-order chi connectivity index (χ1) is 6.20. The van der Waals surface area contributed by atoms with Crippen molar-refractivity contribution < 1.29 is 14.3 Å². The highest BCUT2D eigenvalue weighted by molar-refractivity contribution is 5.87. The molecule has 0 aromatic carbocycles. The summed E-state index contributed by atoms with van der Waals surface area (Å²) in [6.07, 6.45) is 0.511. The van der Waals surface area contributed by atoms with E-state index in [0.717, 1.165) is 6.08 Å². The lowest BCUT2D eigenvalue weighted by atomic mass is 10.2. The van der Waals surface area contributed by atoms with E-state index in [4.69, 9.17) is 10.5 Å². The first kappa shape index (κ1) is 12.5. The number of primary amides is 1. The molecule has 0 saturated heterocycles. The second kappa shape index (κ2) is 4.64. The number of nitrogens with two attached hydrogens (primary N) is 1. The molecule has 0 fully saturated rings. The van der Waals surface area contributed by atoms with Crippen molar-refractivity contribution in [3.8, 4) is 0 Å². The van der Waals surface area contributed by atoms with E-state index in [2.05, 4.69) is 5.32 Å². The van der Waals surface area contributed by atoms with Gasteiger partial charge < -0.3 is 10.5 Å². The molecule has 0 bridgehead atoms. The van der Waals surface area contributed by atoms with Gasteiger partial charge in [0.2, 0.25) is 5.91 Å². The number of hydrogen-bond donors (Lipinski definition) is 2. The Bertz CT molecular complexity index is 264. The first-order valence-corrected chi connectivity index (χ1v) is 4.18. The molecule has 80 valence electrons. The number of carbonyl (C=O) groups excluding carboxylic acids is 2. The number of alkyl carbamates (subject to hydrolysis) is 1. The molecule has 3 N–H and O–H groups in total. The molecule has 0 aliphatic carbocycles. The quantitative estimate of drug-likeness (QED) is 0.650. The van der Waals surface area contributed by atoms with Crippen LogP contribution in [0.5, 0.6) is 0 Å². The van der Waals surface area contributed by atoms with E-state index in [0.29, 0.717) is 5.70 Å². The summed E-state index contributed by atoms with van der Waals surface area (Å²) in [7, 11) is 0. The maximum Gasteiger partial charge on any atom is 0.411 e. The zero-order valence-electron chi connectivity index (χ0n) is 8.88. The van der Waals surface area contributed by atoms with Crippen molar-refractivity contribution >= 4 is 12.0 Å². The summed E-state index contributed by atoms with van der Waals surface area (Å²) in [6.45, 7) is 6.80. The van der Waals surface area contributed by atoms with Gasteiger partial charge in [0.15, 0.2) is 0 Å². The average molecular weight is 200 g/mol. The number of rotatable bonds is 2. The molecule has 2 amide bonds. The molecule has 0 aliphatic rings. The van der Waals surface area contributed by atoms with Crippen LogP contribution < -0.4 is 11.1 Å². The van der Waals surface area contributed by atoms with Crippen molar-refractivity contribution in [2.24, 2.45) is 5.73 Å². The van der Waals surface area contributed by atoms with E-state index in [1.165, 1.54) is 0 Å². The van der Waals surface area contributed by atoms with Crippen LogP contribution in [0.15, 0.2) is 11.8 Å². The average Bonchev–Trinajstić information content (AvgIpc) is 1.77. The zero-order valence-corrected chi connectivity index (χ0v) is 8.88. The van der Waals surface area contributed by atoms with Crippen molar-refractivity contribution in [1.29, 1.82) is 0 Å². The van der Waals surface area contributed by atoms with Gasteiger partial charge in [0.1, 0.15) is 5.60 Å². The number of amides is 2. The molecule has 0 atom stereocenters. The zero-order chi connectivity index (χ0) is 11.4. The second-order valence-corrected chi connectivity index (χ2v) is 3.86. The predicted molar refractivity (Wildman–Crippen MR) is 52.3 cm³/mol. The van der Waals surface area contributed by atoms with Crippen molar-refractivity contribution in [3.63, 3.8) is 0 Å². The summed E-state index contributed by atoms with van der Waals surface area (Å²) in [6, 6.07) is 0. The Balaban J connectivity index is 4.14. The van der Waals surface area contributed by atoms with E-state index in [1.54, 1.807) is 27.7 Å². The van der Waals surface area contributed by atoms with Gasteiger partial charge in [0.05, 0.1) is 0 Å². The second-order valence-electron chi connectivity index (χ2n) is 3.86. The summed E-state index contributed by atoms with van der Waals surface area (Å²) < 4.78 is 4.95. The lowest BCUT2D eigenvalue weighted by Crippen LogP contribution is -2.31. The molecule has 0 aliphatic heterocycles. The van der Waals surface area contributed by atoms with Gasteiger partial charge in [-0.3, -0.25) is 10.1 Å². The highest BCUT2D eigenvalue weighted by Gasteiger charge is 2.15. The third-order valence-corrected chi connectivity index (χ3v) is 1.06. The largest absolute Gasteiger partial charge is 0.444 e. The lowest BCUT2D eigenvalue weighted by molar-refractivity contribution is -0.113. The Morgan fingerprint density at radius 2 is 1.86 bits per heavy atom. The molecule has 0 saturated carbocycles. The number of hydrogen-bond acceptors (Lipinski definition) is 3. The van der Waals surface area contributed by atoms with Crippen LogP contribution in [0.2, 0.25) is 0 Å². The van der Waals surface area contributed by atoms with Gasteiger partial charge in [0.25, 0.3) is 0 Å². The standard InChI is InChI=1S/C9H16N2O3/c1-6(5-7(10)12)11-8(13)14-9(2,3)4/h5H,1-4H3,(H2,10,12)(H,11,13)/b6-5+. The number of nitrogens with one attached hydrogen (secondary N) is 1. The minimum atomic E-state index is -0.612. The summed E-state index contributed by atoms with van der Waals surface area (Å²) in [5.74, 6) is -0.612. The Morgan fingerprint density at radius 3 is 2.21 bits per heavy atom. The monoisotopic (exact) mass is 200 g/mol. The van der Waals surface area contributed by atoms with Crippen molar-refractivity contribution in [1.82, 2.24) is 5.32 Å². The van der Waals surface area contributed by atoms with Crippen LogP contribution in [0, 0.1) is 0 Å². The smallest absolute Gasteiger partial charge is 0.411 e. The van der Waals surface area contributed by atoms with Gasteiger partial charge in [-0.2, -0.15) is 0 Å². The Kier molecular flexibility index (Phi) is 4.14. The van der Waals surface area contributed by atoms with E-state index in [9.17, 15) is 9.59 Å². The van der Waals surface area contributed by atoms with E-state index >= 15 is 0 Å². The molecule has 0 unspecified atom stereocenters. The van der Waals surface area contributed by atoms with Crippen LogP contribution in [0.1, 0.15) is 27.7 Å². The normalized spacial score (nSPS) is 12.1. The Labute approximate surface area is 83.3 Å². The fourth-order valence-electron chi connectivity index (χ4n) is 0.714. The Hall–Kier alpha value is -1.52. The fraction of sp³-hybridized carbons (Fsp3) is 0.556. The molecule has 5 nitrogen and oxygen atoms in total. The van der Waals surface area contributed by atoms with Crippen LogP contribution >= 0.6 is 0 Å². The van der Waals surface area contributed by atoms with Gasteiger partial charge in [-0.05, 0) is 27.7 Å². The predicted octanol–water partition coefficient (Wildman–Crippen LogP) is 0.900. The van der Waals surface area contributed by atoms with E-state index in [1.807, 2.05) is 0 Å². The van der Waals surface area contributed by atoms with Crippen molar-refractivity contribution in [2.75, 3.05) is 0 Å². The van der Waals surface area contributed by atoms with Crippen LogP contribution in [0.3, 0.4) is 0 Å². The minimum absolute atomic E-state index is 0.353. The third kappa shape index (κ3) is 7.15. The highest BCUT2D eigenvalue weighted by atomic mass is 16.6. The maximum absolute atomic E-state index is 11.1. The maximum atomic E-state index is 11.1. The fourth-order valence-corrected chi connectivity index (χ4v) is 0.714. The van der Waals surface area contributed by atoms with Gasteiger partial charge in [-0.15, -0.1) is 0 Å². The van der Waals surface area contributed by atoms with Crippen molar-refractivity contribution in [3.05, 3.63) is 11.8 Å². The van der Waals surface area contributed by atoms with Gasteiger partial charge in [-0.1, -0.05) is 0 Å².